The minimum atomic E-state index is -0.560. The molecule has 0 radical (unpaired) electrons. The lowest BCUT2D eigenvalue weighted by molar-refractivity contribution is 0.279. The monoisotopic (exact) mass is 484 g/mol. The van der Waals surface area contributed by atoms with Crippen molar-refractivity contribution < 1.29 is 18.6 Å². The summed E-state index contributed by atoms with van der Waals surface area (Å²) in [5.41, 5.74) is 2.42. The lowest BCUT2D eigenvalue weighted by Crippen LogP contribution is -2.09. The summed E-state index contributed by atoms with van der Waals surface area (Å²) in [6.45, 7) is 9.50. The summed E-state index contributed by atoms with van der Waals surface area (Å²) < 4.78 is 23.0. The summed E-state index contributed by atoms with van der Waals surface area (Å²) in [4.78, 5) is 12.6. The van der Waals surface area contributed by atoms with Crippen LogP contribution in [0.3, 0.4) is 0 Å². The number of allylic oxidation sites excluding steroid dienone is 3. The van der Waals surface area contributed by atoms with Gasteiger partial charge < -0.3 is 18.6 Å². The first-order valence-electron chi connectivity index (χ1n) is 13.2. The van der Waals surface area contributed by atoms with E-state index in [-0.39, 0.29) is 5.75 Å². The molecule has 5 nitrogen and oxygen atoms in total. The first-order chi connectivity index (χ1) is 17.0. The molecule has 0 aliphatic heterocycles. The summed E-state index contributed by atoms with van der Waals surface area (Å²) in [5, 5.41) is 0.683. The molecule has 0 unspecified atom stereocenters. The average molecular weight is 485 g/mol. The minimum absolute atomic E-state index is 0.101. The van der Waals surface area contributed by atoms with Crippen LogP contribution in [0.5, 0.6) is 17.2 Å². The van der Waals surface area contributed by atoms with Gasteiger partial charge in [0.2, 0.25) is 5.75 Å². The Labute approximate surface area is 211 Å². The van der Waals surface area contributed by atoms with Crippen LogP contribution < -0.4 is 19.8 Å². The number of benzene rings is 1. The molecule has 35 heavy (non-hydrogen) atoms. The predicted molar refractivity (Wildman–Crippen MR) is 145 cm³/mol. The molecule has 0 fully saturated rings. The SMILES string of the molecule is CCCCCCCCCCOc1c(OC)c(=O)oc2c(OCC=C(C)CCC=C(C)C)cccc12. The quantitative estimate of drug-likeness (QED) is 0.128. The normalized spacial score (nSPS) is 11.5. The Morgan fingerprint density at radius 1 is 0.914 bits per heavy atom. The number of para-hydroxylation sites is 1. The lowest BCUT2D eigenvalue weighted by atomic mass is 10.1. The molecule has 1 aromatic carbocycles. The number of rotatable bonds is 17. The van der Waals surface area contributed by atoms with Crippen molar-refractivity contribution in [2.24, 2.45) is 0 Å². The Morgan fingerprint density at radius 3 is 2.31 bits per heavy atom. The van der Waals surface area contributed by atoms with Crippen LogP contribution in [0.25, 0.3) is 11.0 Å². The summed E-state index contributed by atoms with van der Waals surface area (Å²) >= 11 is 0. The van der Waals surface area contributed by atoms with Gasteiger partial charge in [0.25, 0.3) is 0 Å². The number of methoxy groups -OCH3 is 1. The van der Waals surface area contributed by atoms with Crippen molar-refractivity contribution in [1.82, 2.24) is 0 Å². The summed E-state index contributed by atoms with van der Waals surface area (Å²) in [5.74, 6) is 1.05. The van der Waals surface area contributed by atoms with E-state index in [0.29, 0.717) is 35.7 Å². The molecule has 5 heteroatoms. The van der Waals surface area contributed by atoms with Crippen LogP contribution in [0, 0.1) is 0 Å². The molecule has 0 aliphatic rings. The number of unbranched alkanes of at least 4 members (excludes halogenated alkanes) is 7. The van der Waals surface area contributed by atoms with E-state index in [9.17, 15) is 4.79 Å². The van der Waals surface area contributed by atoms with Gasteiger partial charge in [0.05, 0.1) is 19.1 Å². The third kappa shape index (κ3) is 9.83. The average Bonchev–Trinajstić information content (AvgIpc) is 2.83. The zero-order valence-electron chi connectivity index (χ0n) is 22.4. The van der Waals surface area contributed by atoms with E-state index in [1.807, 2.05) is 18.2 Å². The molecule has 0 N–H and O–H groups in total. The van der Waals surface area contributed by atoms with Gasteiger partial charge in [-0.15, -0.1) is 0 Å². The fraction of sp³-hybridized carbons (Fsp3) is 0.567. The van der Waals surface area contributed by atoms with E-state index >= 15 is 0 Å². The Morgan fingerprint density at radius 2 is 1.63 bits per heavy atom. The van der Waals surface area contributed by atoms with Crippen LogP contribution in [0.1, 0.15) is 91.9 Å². The number of fused-ring (bicyclic) bond motifs is 1. The fourth-order valence-electron chi connectivity index (χ4n) is 3.96. The van der Waals surface area contributed by atoms with E-state index in [0.717, 1.165) is 25.7 Å². The summed E-state index contributed by atoms with van der Waals surface area (Å²) in [6.07, 6.45) is 16.1. The van der Waals surface area contributed by atoms with Crippen molar-refractivity contribution in [3.05, 3.63) is 51.9 Å². The molecule has 0 amide bonds. The van der Waals surface area contributed by atoms with Gasteiger partial charge in [-0.25, -0.2) is 4.79 Å². The molecule has 0 saturated heterocycles. The van der Waals surface area contributed by atoms with Crippen LogP contribution in [0.2, 0.25) is 0 Å². The zero-order chi connectivity index (χ0) is 25.5. The molecule has 2 rings (SSSR count). The minimum Gasteiger partial charge on any atom is -0.489 e. The molecule has 0 bridgehead atoms. The van der Waals surface area contributed by atoms with E-state index in [4.69, 9.17) is 18.6 Å². The molecule has 0 spiro atoms. The molecule has 194 valence electrons. The van der Waals surface area contributed by atoms with Crippen LogP contribution >= 0.6 is 0 Å². The highest BCUT2D eigenvalue weighted by Gasteiger charge is 2.19. The van der Waals surface area contributed by atoms with Gasteiger partial charge in [-0.2, -0.15) is 0 Å². The van der Waals surface area contributed by atoms with Crippen LogP contribution in [0.4, 0.5) is 0 Å². The predicted octanol–water partition coefficient (Wildman–Crippen LogP) is 8.39. The molecule has 1 heterocycles. The van der Waals surface area contributed by atoms with Crippen molar-refractivity contribution >= 4 is 11.0 Å². The highest BCUT2D eigenvalue weighted by Crippen LogP contribution is 2.37. The molecular weight excluding hydrogens is 440 g/mol. The van der Waals surface area contributed by atoms with E-state index < -0.39 is 5.63 Å². The van der Waals surface area contributed by atoms with E-state index in [1.165, 1.54) is 56.8 Å². The highest BCUT2D eigenvalue weighted by molar-refractivity contribution is 5.89. The molecule has 1 aromatic heterocycles. The molecule has 0 aliphatic carbocycles. The second kappa shape index (κ2) is 16.1. The number of hydrogen-bond donors (Lipinski definition) is 0. The first-order valence-corrected chi connectivity index (χ1v) is 13.2. The number of ether oxygens (including phenoxy) is 3. The van der Waals surface area contributed by atoms with Crippen molar-refractivity contribution in [3.8, 4) is 17.2 Å². The van der Waals surface area contributed by atoms with Crippen molar-refractivity contribution in [3.63, 3.8) is 0 Å². The van der Waals surface area contributed by atoms with E-state index in [1.54, 1.807) is 0 Å². The van der Waals surface area contributed by atoms with Crippen LogP contribution in [0.15, 0.2) is 50.7 Å². The fourth-order valence-corrected chi connectivity index (χ4v) is 3.96. The van der Waals surface area contributed by atoms with Gasteiger partial charge in [-0.05, 0) is 58.2 Å². The van der Waals surface area contributed by atoms with Gasteiger partial charge >= 0.3 is 5.63 Å². The molecular formula is C30H44O5. The van der Waals surface area contributed by atoms with Crippen LogP contribution in [-0.4, -0.2) is 20.3 Å². The standard InChI is InChI=1S/C30H44O5/c1-6-7-8-9-10-11-12-13-21-34-28-25-18-15-19-26(27(25)35-30(31)29(28)32-5)33-22-20-24(4)17-14-16-23(2)3/h15-16,18-20H,6-14,17,21-22H2,1-5H3. The third-order valence-corrected chi connectivity index (χ3v) is 6.02. The zero-order valence-corrected chi connectivity index (χ0v) is 22.4. The Kier molecular flexibility index (Phi) is 13.1. The van der Waals surface area contributed by atoms with Crippen LogP contribution in [-0.2, 0) is 0 Å². The maximum Gasteiger partial charge on any atom is 0.383 e. The largest absolute Gasteiger partial charge is 0.489 e. The lowest BCUT2D eigenvalue weighted by Gasteiger charge is -2.14. The van der Waals surface area contributed by atoms with Crippen molar-refractivity contribution in [2.45, 2.75) is 91.9 Å². The van der Waals surface area contributed by atoms with Gasteiger partial charge in [0, 0.05) is 0 Å². The smallest absolute Gasteiger partial charge is 0.383 e. The highest BCUT2D eigenvalue weighted by atomic mass is 16.5. The maximum atomic E-state index is 12.6. The molecule has 0 saturated carbocycles. The number of hydrogen-bond acceptors (Lipinski definition) is 5. The van der Waals surface area contributed by atoms with E-state index in [2.05, 4.69) is 39.8 Å². The summed E-state index contributed by atoms with van der Waals surface area (Å²) in [7, 11) is 1.46. The maximum absolute atomic E-state index is 12.6. The second-order valence-electron chi connectivity index (χ2n) is 9.39. The summed E-state index contributed by atoms with van der Waals surface area (Å²) in [6, 6.07) is 5.56. The van der Waals surface area contributed by atoms with Gasteiger partial charge in [0.1, 0.15) is 6.61 Å². The van der Waals surface area contributed by atoms with Gasteiger partial charge in [-0.3, -0.25) is 0 Å². The van der Waals surface area contributed by atoms with Crippen molar-refractivity contribution in [2.75, 3.05) is 20.3 Å². The molecule has 0 atom stereocenters. The topological polar surface area (TPSA) is 57.9 Å². The Balaban J connectivity index is 2.03. The Bertz CT molecular complexity index is 1010. The third-order valence-electron chi connectivity index (χ3n) is 6.02. The first kappa shape index (κ1) is 28.5. The Hall–Kier alpha value is -2.69. The molecule has 2 aromatic rings. The second-order valence-corrected chi connectivity index (χ2v) is 9.39. The van der Waals surface area contributed by atoms with Crippen molar-refractivity contribution in [1.29, 1.82) is 0 Å². The van der Waals surface area contributed by atoms with Gasteiger partial charge in [-0.1, -0.05) is 75.2 Å². The van der Waals surface area contributed by atoms with Gasteiger partial charge in [0.15, 0.2) is 17.1 Å².